The monoisotopic (exact) mass is 476 g/mol. The zero-order valence-corrected chi connectivity index (χ0v) is 19.9. The van der Waals surface area contributed by atoms with Crippen LogP contribution in [0.4, 0.5) is 18.9 Å². The lowest BCUT2D eigenvalue weighted by molar-refractivity contribution is -0.137. The van der Waals surface area contributed by atoms with Crippen LogP contribution < -0.4 is 10.2 Å². The summed E-state index contributed by atoms with van der Waals surface area (Å²) in [7, 11) is 1.62. The van der Waals surface area contributed by atoms with E-state index in [0.717, 1.165) is 37.9 Å². The molecule has 0 bridgehead atoms. The van der Waals surface area contributed by atoms with Crippen LogP contribution in [-0.2, 0) is 11.0 Å². The number of hydrogen-bond donors (Lipinski definition) is 1. The molecule has 0 spiro atoms. The average molecular weight is 477 g/mol. The van der Waals surface area contributed by atoms with Crippen molar-refractivity contribution in [3.63, 3.8) is 0 Å². The molecule has 1 aromatic rings. The number of piperidine rings is 1. The van der Waals surface area contributed by atoms with E-state index < -0.39 is 11.7 Å². The Morgan fingerprint density at radius 1 is 1.12 bits per heavy atom. The van der Waals surface area contributed by atoms with Gasteiger partial charge >= 0.3 is 6.18 Å². The van der Waals surface area contributed by atoms with Gasteiger partial charge in [-0.2, -0.15) is 18.4 Å². The summed E-state index contributed by atoms with van der Waals surface area (Å²) in [5, 5.41) is 11.9. The molecule has 0 radical (unpaired) electrons. The first-order chi connectivity index (χ1) is 16.3. The van der Waals surface area contributed by atoms with Gasteiger partial charge in [-0.3, -0.25) is 4.79 Å². The molecule has 1 saturated carbocycles. The predicted octanol–water partition coefficient (Wildman–Crippen LogP) is 4.67. The Balaban J connectivity index is 1.45. The third-order valence-electron chi connectivity index (χ3n) is 8.22. The molecule has 2 atom stereocenters. The molecule has 3 aliphatic rings. The number of likely N-dealkylation sites (tertiary alicyclic amines) is 1. The first kappa shape index (κ1) is 24.8. The average Bonchev–Trinajstić information content (AvgIpc) is 3.29. The van der Waals surface area contributed by atoms with Gasteiger partial charge in [-0.25, -0.2) is 0 Å². The van der Waals surface area contributed by atoms with Crippen LogP contribution in [-0.4, -0.2) is 50.6 Å². The van der Waals surface area contributed by atoms with E-state index in [-0.39, 0.29) is 23.3 Å². The number of nitrogens with one attached hydrogen (secondary N) is 1. The highest BCUT2D eigenvalue weighted by atomic mass is 19.4. The van der Waals surface area contributed by atoms with Crippen molar-refractivity contribution in [1.82, 2.24) is 10.2 Å². The van der Waals surface area contributed by atoms with Gasteiger partial charge in [0, 0.05) is 32.4 Å². The van der Waals surface area contributed by atoms with E-state index in [0.29, 0.717) is 24.7 Å². The van der Waals surface area contributed by atoms with Crippen LogP contribution in [0.1, 0.15) is 56.1 Å². The summed E-state index contributed by atoms with van der Waals surface area (Å²) in [5.74, 6) is 1.02. The lowest BCUT2D eigenvalue weighted by Crippen LogP contribution is -2.42. The lowest BCUT2D eigenvalue weighted by atomic mass is 9.78. The number of alkyl halides is 3. The molecule has 1 N–H and O–H groups in total. The third-order valence-corrected chi connectivity index (χ3v) is 8.22. The van der Waals surface area contributed by atoms with Gasteiger partial charge in [-0.1, -0.05) is 19.3 Å². The van der Waals surface area contributed by atoms with Crippen molar-refractivity contribution < 1.29 is 18.0 Å². The number of anilines is 1. The van der Waals surface area contributed by atoms with Crippen molar-refractivity contribution in [2.45, 2.75) is 51.1 Å². The van der Waals surface area contributed by atoms with Crippen LogP contribution >= 0.6 is 0 Å². The minimum atomic E-state index is -4.59. The van der Waals surface area contributed by atoms with E-state index in [1.807, 2.05) is 4.90 Å². The summed E-state index contributed by atoms with van der Waals surface area (Å²) in [6, 6.07) is 5.52. The zero-order chi connectivity index (χ0) is 24.3. The maximum Gasteiger partial charge on any atom is 0.417 e. The highest BCUT2D eigenvalue weighted by molar-refractivity contribution is 5.80. The van der Waals surface area contributed by atoms with Crippen LogP contribution in [0.3, 0.4) is 0 Å². The van der Waals surface area contributed by atoms with Gasteiger partial charge in [-0.05, 0) is 74.7 Å². The standard InChI is InChI=1S/C26H35F3N4O/c1-31-25(34)23-17-33(21-8-7-20(14-30)24(13-21)26(27,28)29)16-22(23)19-9-11-32(12-10-19)15-18-5-3-2-4-6-18/h7-8,13,18-19,22-23H,2-6,9-12,15-17H2,1H3,(H,31,34)/t22-,23+/m0/s1. The number of benzene rings is 1. The van der Waals surface area contributed by atoms with E-state index in [4.69, 9.17) is 5.26 Å². The fourth-order valence-electron chi connectivity index (χ4n) is 6.34. The first-order valence-corrected chi connectivity index (χ1v) is 12.6. The van der Waals surface area contributed by atoms with E-state index in [9.17, 15) is 18.0 Å². The van der Waals surface area contributed by atoms with Gasteiger partial charge in [0.25, 0.3) is 0 Å². The molecule has 8 heteroatoms. The molecule has 34 heavy (non-hydrogen) atoms. The highest BCUT2D eigenvalue weighted by Crippen LogP contribution is 2.40. The SMILES string of the molecule is CNC(=O)[C@@H]1CN(c2ccc(C#N)c(C(F)(F)F)c2)C[C@H]1C1CCN(CC2CCCCC2)CC1. The summed E-state index contributed by atoms with van der Waals surface area (Å²) in [6.45, 7) is 4.21. The molecule has 0 aromatic heterocycles. The Bertz CT molecular complexity index is 898. The second kappa shape index (κ2) is 10.6. The minimum absolute atomic E-state index is 0.0400. The molecule has 0 unspecified atom stereocenters. The van der Waals surface area contributed by atoms with Gasteiger partial charge in [0.2, 0.25) is 5.91 Å². The quantitative estimate of drug-likeness (QED) is 0.671. The smallest absolute Gasteiger partial charge is 0.370 e. The molecule has 3 fully saturated rings. The predicted molar refractivity (Wildman–Crippen MR) is 125 cm³/mol. The molecule has 1 aliphatic carbocycles. The number of hydrogen-bond acceptors (Lipinski definition) is 4. The van der Waals surface area contributed by atoms with Crippen LogP contribution in [0.5, 0.6) is 0 Å². The Morgan fingerprint density at radius 2 is 1.82 bits per heavy atom. The lowest BCUT2D eigenvalue weighted by Gasteiger charge is -2.38. The Morgan fingerprint density at radius 3 is 2.44 bits per heavy atom. The maximum absolute atomic E-state index is 13.5. The molecular weight excluding hydrogens is 441 g/mol. The Kier molecular flexibility index (Phi) is 7.71. The normalized spacial score (nSPS) is 25.3. The van der Waals surface area contributed by atoms with E-state index in [1.165, 1.54) is 44.7 Å². The van der Waals surface area contributed by atoms with Gasteiger partial charge in [0.05, 0.1) is 23.1 Å². The number of carbonyl (C=O) groups is 1. The molecular formula is C26H35F3N4O. The topological polar surface area (TPSA) is 59.4 Å². The molecule has 2 aliphatic heterocycles. The summed E-state index contributed by atoms with van der Waals surface area (Å²) >= 11 is 0. The van der Waals surface area contributed by atoms with E-state index >= 15 is 0 Å². The minimum Gasteiger partial charge on any atom is -0.370 e. The Hall–Kier alpha value is -2.27. The van der Waals surface area contributed by atoms with Crippen LogP contribution in [0.2, 0.25) is 0 Å². The van der Waals surface area contributed by atoms with Gasteiger partial charge in [-0.15, -0.1) is 0 Å². The first-order valence-electron chi connectivity index (χ1n) is 12.6. The van der Waals surface area contributed by atoms with Crippen LogP contribution in [0, 0.1) is 35.0 Å². The second-order valence-electron chi connectivity index (χ2n) is 10.3. The second-order valence-corrected chi connectivity index (χ2v) is 10.3. The van der Waals surface area contributed by atoms with Crippen molar-refractivity contribution in [2.24, 2.45) is 23.7 Å². The van der Waals surface area contributed by atoms with Gasteiger partial charge in [0.1, 0.15) is 0 Å². The number of nitriles is 1. The largest absolute Gasteiger partial charge is 0.417 e. The molecule has 2 heterocycles. The number of nitrogens with zero attached hydrogens (tertiary/aromatic N) is 3. The molecule has 4 rings (SSSR count). The summed E-state index contributed by atoms with van der Waals surface area (Å²) < 4.78 is 40.5. The molecule has 5 nitrogen and oxygen atoms in total. The third kappa shape index (κ3) is 5.51. The molecule has 1 amide bonds. The van der Waals surface area contributed by atoms with Gasteiger partial charge in [0.15, 0.2) is 0 Å². The van der Waals surface area contributed by atoms with Gasteiger partial charge < -0.3 is 15.1 Å². The Labute approximate surface area is 200 Å². The fourth-order valence-corrected chi connectivity index (χ4v) is 6.34. The highest BCUT2D eigenvalue weighted by Gasteiger charge is 2.43. The fraction of sp³-hybridized carbons (Fsp3) is 0.692. The number of carbonyl (C=O) groups excluding carboxylic acids is 1. The van der Waals surface area contributed by atoms with Crippen LogP contribution in [0.15, 0.2) is 18.2 Å². The maximum atomic E-state index is 13.5. The van der Waals surface area contributed by atoms with Crippen molar-refractivity contribution in [3.05, 3.63) is 29.3 Å². The summed E-state index contributed by atoms with van der Waals surface area (Å²) in [5.41, 5.74) is -0.860. The van der Waals surface area contributed by atoms with Crippen molar-refractivity contribution in [1.29, 1.82) is 5.26 Å². The van der Waals surface area contributed by atoms with Crippen molar-refractivity contribution in [2.75, 3.05) is 44.7 Å². The molecule has 2 saturated heterocycles. The molecule has 1 aromatic carbocycles. The summed E-state index contributed by atoms with van der Waals surface area (Å²) in [4.78, 5) is 17.2. The van der Waals surface area contributed by atoms with Crippen molar-refractivity contribution >= 4 is 11.6 Å². The number of amides is 1. The number of halogens is 3. The number of rotatable bonds is 5. The van der Waals surface area contributed by atoms with Crippen molar-refractivity contribution in [3.8, 4) is 6.07 Å². The molecule has 186 valence electrons. The van der Waals surface area contributed by atoms with E-state index in [2.05, 4.69) is 10.2 Å². The van der Waals surface area contributed by atoms with E-state index in [1.54, 1.807) is 19.2 Å². The zero-order valence-electron chi connectivity index (χ0n) is 19.9. The van der Waals surface area contributed by atoms with Crippen LogP contribution in [0.25, 0.3) is 0 Å². The summed E-state index contributed by atoms with van der Waals surface area (Å²) in [6.07, 6.45) is 4.19.